The van der Waals surface area contributed by atoms with Crippen molar-refractivity contribution in [1.29, 1.82) is 0 Å². The first-order valence-corrected chi connectivity index (χ1v) is 7.82. The molecule has 0 saturated heterocycles. The molecule has 0 aliphatic rings. The first-order chi connectivity index (χ1) is 8.08. The topological polar surface area (TPSA) is 9.23 Å². The first kappa shape index (κ1) is 13.6. The third-order valence-electron chi connectivity index (χ3n) is 2.02. The predicted octanol–water partition coefficient (Wildman–Crippen LogP) is 6.53. The molecule has 17 heavy (non-hydrogen) atoms. The fraction of sp³-hybridized carbons (Fsp3) is 0. The van der Waals surface area contributed by atoms with Gasteiger partial charge in [-0.1, -0.05) is 22.0 Å². The van der Waals surface area contributed by atoms with E-state index in [9.17, 15) is 0 Å². The molecule has 0 amide bonds. The molecule has 0 saturated carbocycles. The van der Waals surface area contributed by atoms with E-state index < -0.39 is 0 Å². The van der Waals surface area contributed by atoms with Crippen LogP contribution in [0.2, 0.25) is 0 Å². The summed E-state index contributed by atoms with van der Waals surface area (Å²) >= 11 is 13.8. The van der Waals surface area contributed by atoms with E-state index >= 15 is 0 Å². The summed E-state index contributed by atoms with van der Waals surface area (Å²) in [5, 5.41) is 0. The third-order valence-corrected chi connectivity index (χ3v) is 4.42. The van der Waals surface area contributed by atoms with Crippen LogP contribution >= 0.6 is 63.7 Å². The van der Waals surface area contributed by atoms with Gasteiger partial charge in [-0.2, -0.15) is 0 Å². The molecule has 0 spiro atoms. The van der Waals surface area contributed by atoms with E-state index in [1.807, 2.05) is 36.4 Å². The molecule has 0 aromatic heterocycles. The van der Waals surface area contributed by atoms with E-state index in [4.69, 9.17) is 4.74 Å². The van der Waals surface area contributed by atoms with Gasteiger partial charge in [0.05, 0.1) is 13.4 Å². The fourth-order valence-corrected chi connectivity index (χ4v) is 3.07. The molecule has 0 aliphatic carbocycles. The summed E-state index contributed by atoms with van der Waals surface area (Å²) in [6, 6.07) is 11.6. The van der Waals surface area contributed by atoms with E-state index in [2.05, 4.69) is 63.7 Å². The van der Waals surface area contributed by atoms with Crippen molar-refractivity contribution in [1.82, 2.24) is 0 Å². The Bertz CT molecular complexity index is 534. The van der Waals surface area contributed by atoms with E-state index in [0.717, 1.165) is 29.4 Å². The van der Waals surface area contributed by atoms with E-state index in [-0.39, 0.29) is 0 Å². The summed E-state index contributed by atoms with van der Waals surface area (Å²) in [6.07, 6.45) is 0. The number of halogens is 4. The van der Waals surface area contributed by atoms with Gasteiger partial charge in [0, 0.05) is 4.47 Å². The molecular formula is C12H6Br4O. The van der Waals surface area contributed by atoms with Crippen LogP contribution in [0.15, 0.2) is 54.3 Å². The minimum absolute atomic E-state index is 0.756. The Morgan fingerprint density at radius 2 is 1.41 bits per heavy atom. The molecule has 0 N–H and O–H groups in total. The van der Waals surface area contributed by atoms with Gasteiger partial charge < -0.3 is 4.74 Å². The minimum atomic E-state index is 0.756. The summed E-state index contributed by atoms with van der Waals surface area (Å²) in [5.74, 6) is 1.51. The molecule has 0 aliphatic heterocycles. The Balaban J connectivity index is 2.41. The van der Waals surface area contributed by atoms with Crippen LogP contribution in [0, 0.1) is 0 Å². The summed E-state index contributed by atoms with van der Waals surface area (Å²) < 4.78 is 9.56. The molecule has 2 aromatic rings. The number of para-hydroxylation sites is 1. The third kappa shape index (κ3) is 3.34. The molecular weight excluding hydrogens is 480 g/mol. The van der Waals surface area contributed by atoms with Crippen molar-refractivity contribution in [3.63, 3.8) is 0 Å². The van der Waals surface area contributed by atoms with Crippen LogP contribution in [0.5, 0.6) is 11.5 Å². The van der Waals surface area contributed by atoms with Crippen LogP contribution in [0.1, 0.15) is 0 Å². The first-order valence-electron chi connectivity index (χ1n) is 4.65. The van der Waals surface area contributed by atoms with Gasteiger partial charge in [-0.15, -0.1) is 0 Å². The standard InChI is InChI=1S/C12H6Br4O/c13-7-4-5-8(14)11(6-7)17-12-9(15)2-1-3-10(12)16/h1-6H. The number of ether oxygens (including phenoxy) is 1. The molecule has 0 unspecified atom stereocenters. The number of rotatable bonds is 2. The highest BCUT2D eigenvalue weighted by Crippen LogP contribution is 2.39. The Morgan fingerprint density at radius 3 is 2.06 bits per heavy atom. The van der Waals surface area contributed by atoms with Crippen molar-refractivity contribution in [2.45, 2.75) is 0 Å². The maximum atomic E-state index is 5.88. The Hall–Kier alpha value is 0.160. The van der Waals surface area contributed by atoms with E-state index in [0.29, 0.717) is 0 Å². The van der Waals surface area contributed by atoms with Crippen LogP contribution in [0.4, 0.5) is 0 Å². The molecule has 2 aromatic carbocycles. The van der Waals surface area contributed by atoms with Crippen LogP contribution in [0.3, 0.4) is 0 Å². The zero-order valence-electron chi connectivity index (χ0n) is 8.38. The van der Waals surface area contributed by atoms with Gasteiger partial charge in [-0.3, -0.25) is 0 Å². The molecule has 0 bridgehead atoms. The van der Waals surface area contributed by atoms with Gasteiger partial charge in [0.15, 0.2) is 5.75 Å². The second-order valence-electron chi connectivity index (χ2n) is 3.23. The zero-order valence-corrected chi connectivity index (χ0v) is 14.7. The number of benzene rings is 2. The number of hydrogen-bond acceptors (Lipinski definition) is 1. The van der Waals surface area contributed by atoms with Gasteiger partial charge in [0.2, 0.25) is 0 Å². The van der Waals surface area contributed by atoms with Gasteiger partial charge in [-0.25, -0.2) is 0 Å². The van der Waals surface area contributed by atoms with Crippen LogP contribution < -0.4 is 4.74 Å². The average molecular weight is 486 g/mol. The highest BCUT2D eigenvalue weighted by Gasteiger charge is 2.09. The summed E-state index contributed by atoms with van der Waals surface area (Å²) in [6.45, 7) is 0. The molecule has 5 heteroatoms. The second kappa shape index (κ2) is 5.87. The SMILES string of the molecule is Brc1ccc(Br)c(Oc2c(Br)cccc2Br)c1. The predicted molar refractivity (Wildman–Crippen MR) is 83.8 cm³/mol. The van der Waals surface area contributed by atoms with Crippen molar-refractivity contribution < 1.29 is 4.74 Å². The maximum absolute atomic E-state index is 5.88. The van der Waals surface area contributed by atoms with Gasteiger partial charge in [-0.05, 0) is 78.1 Å². The molecule has 1 nitrogen and oxygen atoms in total. The second-order valence-corrected chi connectivity index (χ2v) is 6.71. The molecule has 0 heterocycles. The minimum Gasteiger partial charge on any atom is -0.454 e. The molecule has 2 rings (SSSR count). The summed E-state index contributed by atoms with van der Waals surface area (Å²) in [7, 11) is 0. The largest absolute Gasteiger partial charge is 0.454 e. The zero-order chi connectivity index (χ0) is 12.4. The lowest BCUT2D eigenvalue weighted by Gasteiger charge is -2.11. The monoisotopic (exact) mass is 482 g/mol. The molecule has 0 radical (unpaired) electrons. The molecule has 0 atom stereocenters. The Labute approximate surface area is 133 Å². The lowest BCUT2D eigenvalue weighted by molar-refractivity contribution is 0.473. The van der Waals surface area contributed by atoms with E-state index in [1.54, 1.807) is 0 Å². The van der Waals surface area contributed by atoms with Crippen molar-refractivity contribution in [2.75, 3.05) is 0 Å². The Morgan fingerprint density at radius 1 is 0.765 bits per heavy atom. The van der Waals surface area contributed by atoms with Crippen molar-refractivity contribution in [3.8, 4) is 11.5 Å². The van der Waals surface area contributed by atoms with Crippen LogP contribution in [-0.2, 0) is 0 Å². The van der Waals surface area contributed by atoms with E-state index in [1.165, 1.54) is 0 Å². The Kier molecular flexibility index (Phi) is 4.69. The fourth-order valence-electron chi connectivity index (χ4n) is 1.25. The van der Waals surface area contributed by atoms with Crippen molar-refractivity contribution in [2.24, 2.45) is 0 Å². The number of hydrogen-bond donors (Lipinski definition) is 0. The quantitative estimate of drug-likeness (QED) is 0.470. The lowest BCUT2D eigenvalue weighted by Crippen LogP contribution is -1.88. The van der Waals surface area contributed by atoms with Crippen LogP contribution in [-0.4, -0.2) is 0 Å². The normalized spacial score (nSPS) is 10.4. The molecule has 0 fully saturated rings. The van der Waals surface area contributed by atoms with Crippen molar-refractivity contribution in [3.05, 3.63) is 54.3 Å². The van der Waals surface area contributed by atoms with Gasteiger partial charge in [0.1, 0.15) is 5.75 Å². The summed E-state index contributed by atoms with van der Waals surface area (Å²) in [4.78, 5) is 0. The summed E-state index contributed by atoms with van der Waals surface area (Å²) in [5.41, 5.74) is 0. The highest BCUT2D eigenvalue weighted by atomic mass is 79.9. The average Bonchev–Trinajstić information content (AvgIpc) is 2.28. The lowest BCUT2D eigenvalue weighted by atomic mass is 10.3. The van der Waals surface area contributed by atoms with Crippen LogP contribution in [0.25, 0.3) is 0 Å². The van der Waals surface area contributed by atoms with Gasteiger partial charge >= 0.3 is 0 Å². The smallest absolute Gasteiger partial charge is 0.155 e. The molecule has 88 valence electrons. The highest BCUT2D eigenvalue weighted by molar-refractivity contribution is 9.11. The maximum Gasteiger partial charge on any atom is 0.155 e. The van der Waals surface area contributed by atoms with Gasteiger partial charge in [0.25, 0.3) is 0 Å². The van der Waals surface area contributed by atoms with Crippen molar-refractivity contribution >= 4 is 63.7 Å².